The first-order valence-corrected chi connectivity index (χ1v) is 9.23. The van der Waals surface area contributed by atoms with Crippen molar-refractivity contribution in [3.63, 3.8) is 0 Å². The zero-order valence-electron chi connectivity index (χ0n) is 15.9. The van der Waals surface area contributed by atoms with Crippen LogP contribution in [0.1, 0.15) is 28.0 Å². The standard InChI is InChI=1S/C22H21FN4O/c1-26(2)17-11-12-27(14-17)22(28)16-8-10-21-18(13-16)20(24-25-21)9-7-15-5-3-4-6-19(15)23/h3-6,8,10,13,17H,11-12,14H2,1-2H3,(H,24,25)/t17-/m0/s1. The topological polar surface area (TPSA) is 52.2 Å². The van der Waals surface area contributed by atoms with Gasteiger partial charge >= 0.3 is 0 Å². The minimum atomic E-state index is -0.366. The number of amides is 1. The van der Waals surface area contributed by atoms with E-state index in [9.17, 15) is 9.18 Å². The Balaban J connectivity index is 1.62. The molecule has 1 saturated heterocycles. The van der Waals surface area contributed by atoms with Crippen LogP contribution in [-0.2, 0) is 0 Å². The number of fused-ring (bicyclic) bond motifs is 1. The predicted molar refractivity (Wildman–Crippen MR) is 106 cm³/mol. The molecule has 3 aromatic rings. The third-order valence-electron chi connectivity index (χ3n) is 5.18. The number of hydrogen-bond donors (Lipinski definition) is 1. The first-order chi connectivity index (χ1) is 13.5. The van der Waals surface area contributed by atoms with Crippen LogP contribution in [0.25, 0.3) is 10.9 Å². The van der Waals surface area contributed by atoms with Crippen molar-refractivity contribution < 1.29 is 9.18 Å². The van der Waals surface area contributed by atoms with Gasteiger partial charge < -0.3 is 9.80 Å². The summed E-state index contributed by atoms with van der Waals surface area (Å²) in [5, 5.41) is 7.90. The lowest BCUT2D eigenvalue weighted by atomic mass is 10.1. The summed E-state index contributed by atoms with van der Waals surface area (Å²) < 4.78 is 13.8. The Hall–Kier alpha value is -3.17. The molecule has 2 heterocycles. The van der Waals surface area contributed by atoms with Gasteiger partial charge in [-0.1, -0.05) is 18.1 Å². The lowest BCUT2D eigenvalue weighted by molar-refractivity contribution is 0.0783. The maximum atomic E-state index is 13.8. The maximum absolute atomic E-state index is 13.8. The Morgan fingerprint density at radius 2 is 2.07 bits per heavy atom. The number of nitrogens with zero attached hydrogens (tertiary/aromatic N) is 3. The van der Waals surface area contributed by atoms with Gasteiger partial charge in [0.15, 0.2) is 0 Å². The molecule has 1 amide bonds. The summed E-state index contributed by atoms with van der Waals surface area (Å²) >= 11 is 0. The number of aromatic amines is 1. The number of H-pyrrole nitrogens is 1. The zero-order valence-corrected chi connectivity index (χ0v) is 15.9. The van der Waals surface area contributed by atoms with Gasteiger partial charge in [0.05, 0.1) is 11.1 Å². The molecule has 0 spiro atoms. The van der Waals surface area contributed by atoms with Crippen LogP contribution in [0.15, 0.2) is 42.5 Å². The lowest BCUT2D eigenvalue weighted by Gasteiger charge is -2.20. The fraction of sp³-hybridized carbons (Fsp3) is 0.273. The molecule has 1 atom stereocenters. The van der Waals surface area contributed by atoms with Crippen molar-refractivity contribution in [2.24, 2.45) is 0 Å². The third-order valence-corrected chi connectivity index (χ3v) is 5.18. The highest BCUT2D eigenvalue weighted by molar-refractivity contribution is 5.99. The second kappa shape index (κ2) is 7.45. The third kappa shape index (κ3) is 3.49. The smallest absolute Gasteiger partial charge is 0.253 e. The molecule has 0 bridgehead atoms. The molecule has 0 radical (unpaired) electrons. The summed E-state index contributed by atoms with van der Waals surface area (Å²) in [6, 6.07) is 12.2. The molecule has 1 aromatic heterocycles. The molecule has 1 N–H and O–H groups in total. The van der Waals surface area contributed by atoms with Crippen LogP contribution in [0.2, 0.25) is 0 Å². The van der Waals surface area contributed by atoms with E-state index < -0.39 is 0 Å². The molecule has 4 rings (SSSR count). The maximum Gasteiger partial charge on any atom is 0.253 e. The number of rotatable bonds is 2. The minimum absolute atomic E-state index is 0.0143. The monoisotopic (exact) mass is 376 g/mol. The largest absolute Gasteiger partial charge is 0.337 e. The van der Waals surface area contributed by atoms with E-state index >= 15 is 0 Å². The fourth-order valence-corrected chi connectivity index (χ4v) is 3.46. The molecule has 2 aromatic carbocycles. The lowest BCUT2D eigenvalue weighted by Crippen LogP contribution is -2.34. The molecule has 1 aliphatic heterocycles. The summed E-state index contributed by atoms with van der Waals surface area (Å²) in [6.07, 6.45) is 0.978. The van der Waals surface area contributed by atoms with Crippen LogP contribution in [0, 0.1) is 17.7 Å². The Morgan fingerprint density at radius 3 is 2.82 bits per heavy atom. The molecule has 5 nitrogen and oxygen atoms in total. The summed E-state index contributed by atoms with van der Waals surface area (Å²) in [5.74, 6) is 5.39. The van der Waals surface area contributed by atoms with E-state index in [2.05, 4.69) is 26.9 Å². The fourth-order valence-electron chi connectivity index (χ4n) is 3.46. The van der Waals surface area contributed by atoms with Gasteiger partial charge in [-0.3, -0.25) is 9.89 Å². The van der Waals surface area contributed by atoms with Crippen molar-refractivity contribution in [1.82, 2.24) is 20.0 Å². The number of carbonyl (C=O) groups excluding carboxylic acids is 1. The number of likely N-dealkylation sites (N-methyl/N-ethyl adjacent to an activating group) is 1. The van der Waals surface area contributed by atoms with E-state index in [1.165, 1.54) is 6.07 Å². The van der Waals surface area contributed by atoms with Gasteiger partial charge in [-0.2, -0.15) is 5.10 Å². The number of halogens is 1. The average molecular weight is 376 g/mol. The number of carbonyl (C=O) groups is 1. The highest BCUT2D eigenvalue weighted by Gasteiger charge is 2.28. The molecule has 142 valence electrons. The van der Waals surface area contributed by atoms with Crippen molar-refractivity contribution in [3.8, 4) is 11.8 Å². The molecule has 0 aliphatic carbocycles. The van der Waals surface area contributed by atoms with Crippen molar-refractivity contribution in [3.05, 3.63) is 65.1 Å². The highest BCUT2D eigenvalue weighted by atomic mass is 19.1. The van der Waals surface area contributed by atoms with E-state index in [0.29, 0.717) is 22.9 Å². The summed E-state index contributed by atoms with van der Waals surface area (Å²) in [4.78, 5) is 16.9. The Kier molecular flexibility index (Phi) is 4.84. The number of hydrogen-bond acceptors (Lipinski definition) is 3. The average Bonchev–Trinajstić information content (AvgIpc) is 3.34. The van der Waals surface area contributed by atoms with E-state index in [4.69, 9.17) is 0 Å². The molecular formula is C22H21FN4O. The second-order valence-electron chi connectivity index (χ2n) is 7.22. The molecule has 0 unspecified atom stereocenters. The van der Waals surface area contributed by atoms with Gasteiger partial charge in [-0.05, 0) is 56.8 Å². The quantitative estimate of drug-likeness (QED) is 0.700. The molecule has 28 heavy (non-hydrogen) atoms. The molecule has 1 fully saturated rings. The van der Waals surface area contributed by atoms with E-state index in [1.54, 1.807) is 24.3 Å². The van der Waals surface area contributed by atoms with E-state index in [-0.39, 0.29) is 11.7 Å². The van der Waals surface area contributed by atoms with Crippen LogP contribution in [0.4, 0.5) is 4.39 Å². The zero-order chi connectivity index (χ0) is 19.7. The van der Waals surface area contributed by atoms with Gasteiger partial charge in [-0.25, -0.2) is 4.39 Å². The Morgan fingerprint density at radius 1 is 1.25 bits per heavy atom. The number of nitrogens with one attached hydrogen (secondary N) is 1. The summed E-state index contributed by atoms with van der Waals surface area (Å²) in [7, 11) is 4.08. The normalized spacial score (nSPS) is 16.4. The van der Waals surface area contributed by atoms with Gasteiger partial charge in [0.25, 0.3) is 5.91 Å². The molecule has 1 aliphatic rings. The van der Waals surface area contributed by atoms with Crippen LogP contribution >= 0.6 is 0 Å². The first-order valence-electron chi connectivity index (χ1n) is 9.23. The molecule has 6 heteroatoms. The van der Waals surface area contributed by atoms with Crippen molar-refractivity contribution in [2.45, 2.75) is 12.5 Å². The Bertz CT molecular complexity index is 1090. The number of likely N-dealkylation sites (tertiary alicyclic amines) is 1. The second-order valence-corrected chi connectivity index (χ2v) is 7.22. The van der Waals surface area contributed by atoms with Gasteiger partial charge in [-0.15, -0.1) is 0 Å². The van der Waals surface area contributed by atoms with Gasteiger partial charge in [0.2, 0.25) is 0 Å². The SMILES string of the molecule is CN(C)[C@H]1CCN(C(=O)c2ccc3[nH]nc(C#Cc4ccccc4F)c3c2)C1. The van der Waals surface area contributed by atoms with Crippen LogP contribution in [0.5, 0.6) is 0 Å². The van der Waals surface area contributed by atoms with Crippen molar-refractivity contribution in [1.29, 1.82) is 0 Å². The summed E-state index contributed by atoms with van der Waals surface area (Å²) in [5.41, 5.74) is 2.22. The van der Waals surface area contributed by atoms with Gasteiger partial charge in [0, 0.05) is 30.1 Å². The van der Waals surface area contributed by atoms with E-state index in [1.807, 2.05) is 31.1 Å². The predicted octanol–water partition coefficient (Wildman–Crippen LogP) is 2.88. The summed E-state index contributed by atoms with van der Waals surface area (Å²) in [6.45, 7) is 1.49. The van der Waals surface area contributed by atoms with Crippen LogP contribution in [0.3, 0.4) is 0 Å². The number of benzene rings is 2. The number of aromatic nitrogens is 2. The van der Waals surface area contributed by atoms with Crippen molar-refractivity contribution >= 4 is 16.8 Å². The van der Waals surface area contributed by atoms with Crippen molar-refractivity contribution in [2.75, 3.05) is 27.2 Å². The highest BCUT2D eigenvalue weighted by Crippen LogP contribution is 2.21. The van der Waals surface area contributed by atoms with Crippen LogP contribution in [-0.4, -0.2) is 59.1 Å². The molecule has 0 saturated carbocycles. The Labute approximate surface area is 163 Å². The first kappa shape index (κ1) is 18.2. The molecular weight excluding hydrogens is 355 g/mol. The van der Waals surface area contributed by atoms with Gasteiger partial charge in [0.1, 0.15) is 11.5 Å². The van der Waals surface area contributed by atoms with E-state index in [0.717, 1.165) is 30.4 Å². The minimum Gasteiger partial charge on any atom is -0.337 e. The van der Waals surface area contributed by atoms with Crippen LogP contribution < -0.4 is 0 Å².